The smallest absolute Gasteiger partial charge is 0.265 e. The number of hydrogen-bond donors (Lipinski definition) is 1. The van der Waals surface area contributed by atoms with E-state index in [1.54, 1.807) is 35.2 Å². The van der Waals surface area contributed by atoms with E-state index < -0.39 is 0 Å². The van der Waals surface area contributed by atoms with Crippen LogP contribution >= 0.6 is 35.6 Å². The predicted octanol–water partition coefficient (Wildman–Crippen LogP) is 4.02. The third-order valence-corrected chi connectivity index (χ3v) is 5.89. The zero-order valence-corrected chi connectivity index (χ0v) is 18.1. The minimum Gasteiger partial charge on any atom is -0.491 e. The number of thiocarbonyl (C=S) groups is 1. The monoisotopic (exact) mass is 460 g/mol. The Morgan fingerprint density at radius 2 is 2.10 bits per heavy atom. The average Bonchev–Trinajstić information content (AvgIpc) is 2.92. The van der Waals surface area contributed by atoms with Gasteiger partial charge in [0, 0.05) is 11.6 Å². The average molecular weight is 461 g/mol. The number of nitrogens with zero attached hydrogens (tertiary/aromatic N) is 1. The SMILES string of the molecule is O=C1NC(=S)S/C1=C\c1ccc2c(c1)N(C(=O)COc1ccc(Cl)cc1)CCCO2. The molecule has 0 atom stereocenters. The van der Waals surface area contributed by atoms with Crippen molar-refractivity contribution in [2.24, 2.45) is 0 Å². The van der Waals surface area contributed by atoms with Crippen LogP contribution in [0.5, 0.6) is 11.5 Å². The van der Waals surface area contributed by atoms with Gasteiger partial charge in [-0.25, -0.2) is 0 Å². The van der Waals surface area contributed by atoms with Crippen LogP contribution in [0.2, 0.25) is 5.02 Å². The Morgan fingerprint density at radius 3 is 2.83 bits per heavy atom. The lowest BCUT2D eigenvalue weighted by atomic mass is 10.1. The van der Waals surface area contributed by atoms with E-state index in [0.717, 1.165) is 5.56 Å². The highest BCUT2D eigenvalue weighted by molar-refractivity contribution is 8.26. The summed E-state index contributed by atoms with van der Waals surface area (Å²) in [5.41, 5.74) is 1.43. The van der Waals surface area contributed by atoms with Crippen LogP contribution in [0, 0.1) is 0 Å². The maximum atomic E-state index is 12.9. The quantitative estimate of drug-likeness (QED) is 0.549. The predicted molar refractivity (Wildman–Crippen MR) is 122 cm³/mol. The first-order chi connectivity index (χ1) is 14.5. The maximum absolute atomic E-state index is 12.9. The molecule has 0 bridgehead atoms. The fourth-order valence-corrected chi connectivity index (χ4v) is 4.24. The molecule has 0 unspecified atom stereocenters. The van der Waals surface area contributed by atoms with E-state index in [4.69, 9.17) is 33.3 Å². The minimum absolute atomic E-state index is 0.112. The molecule has 4 rings (SSSR count). The Bertz CT molecular complexity index is 1040. The maximum Gasteiger partial charge on any atom is 0.265 e. The van der Waals surface area contributed by atoms with Gasteiger partial charge in [0.1, 0.15) is 15.8 Å². The Hall–Kier alpha value is -2.55. The van der Waals surface area contributed by atoms with Gasteiger partial charge in [-0.2, -0.15) is 0 Å². The van der Waals surface area contributed by atoms with Gasteiger partial charge in [-0.05, 0) is 54.5 Å². The van der Waals surface area contributed by atoms with Gasteiger partial charge in [-0.1, -0.05) is 41.6 Å². The molecule has 6 nitrogen and oxygen atoms in total. The van der Waals surface area contributed by atoms with Crippen molar-refractivity contribution in [3.8, 4) is 11.5 Å². The second-order valence-corrected chi connectivity index (χ2v) is 8.72. The zero-order chi connectivity index (χ0) is 21.1. The Morgan fingerprint density at radius 1 is 1.30 bits per heavy atom. The van der Waals surface area contributed by atoms with Crippen LogP contribution in [-0.2, 0) is 9.59 Å². The third kappa shape index (κ3) is 4.77. The van der Waals surface area contributed by atoms with E-state index in [2.05, 4.69) is 5.32 Å². The molecular weight excluding hydrogens is 444 g/mol. The van der Waals surface area contributed by atoms with Gasteiger partial charge in [-0.15, -0.1) is 0 Å². The number of halogens is 1. The van der Waals surface area contributed by atoms with Gasteiger partial charge >= 0.3 is 0 Å². The number of anilines is 1. The molecule has 0 radical (unpaired) electrons. The van der Waals surface area contributed by atoms with Crippen molar-refractivity contribution in [2.45, 2.75) is 6.42 Å². The number of rotatable bonds is 4. The summed E-state index contributed by atoms with van der Waals surface area (Å²) in [5, 5.41) is 3.20. The van der Waals surface area contributed by atoms with Crippen LogP contribution in [-0.4, -0.2) is 35.9 Å². The number of nitrogens with one attached hydrogen (secondary N) is 1. The first-order valence-electron chi connectivity index (χ1n) is 9.20. The van der Waals surface area contributed by atoms with Crippen molar-refractivity contribution in [2.75, 3.05) is 24.7 Å². The van der Waals surface area contributed by atoms with Crippen LogP contribution in [0.3, 0.4) is 0 Å². The van der Waals surface area contributed by atoms with E-state index in [-0.39, 0.29) is 18.4 Å². The minimum atomic E-state index is -0.222. The second kappa shape index (κ2) is 9.07. The normalized spacial score (nSPS) is 17.2. The lowest BCUT2D eigenvalue weighted by Crippen LogP contribution is -2.35. The summed E-state index contributed by atoms with van der Waals surface area (Å²) in [6, 6.07) is 12.3. The van der Waals surface area contributed by atoms with Crippen LogP contribution in [0.4, 0.5) is 5.69 Å². The lowest BCUT2D eigenvalue weighted by Gasteiger charge is -2.22. The number of ether oxygens (including phenoxy) is 2. The van der Waals surface area contributed by atoms with E-state index in [1.165, 1.54) is 11.8 Å². The molecule has 30 heavy (non-hydrogen) atoms. The van der Waals surface area contributed by atoms with Crippen LogP contribution in [0.1, 0.15) is 12.0 Å². The van der Waals surface area contributed by atoms with Crippen molar-refractivity contribution >= 4 is 63.5 Å². The van der Waals surface area contributed by atoms with Crippen LogP contribution in [0.15, 0.2) is 47.4 Å². The summed E-state index contributed by atoms with van der Waals surface area (Å²) >= 11 is 12.1. The van der Waals surface area contributed by atoms with Crippen molar-refractivity contribution < 1.29 is 19.1 Å². The molecule has 0 saturated carbocycles. The summed E-state index contributed by atoms with van der Waals surface area (Å²) in [6.45, 7) is 0.913. The number of benzene rings is 2. The van der Waals surface area contributed by atoms with Crippen LogP contribution < -0.4 is 19.7 Å². The van der Waals surface area contributed by atoms with E-state index >= 15 is 0 Å². The number of fused-ring (bicyclic) bond motifs is 1. The van der Waals surface area contributed by atoms with Crippen molar-refractivity contribution in [1.82, 2.24) is 5.32 Å². The van der Waals surface area contributed by atoms with Crippen LogP contribution in [0.25, 0.3) is 6.08 Å². The molecule has 0 aromatic heterocycles. The number of carbonyl (C=O) groups is 2. The second-order valence-electron chi connectivity index (χ2n) is 6.57. The van der Waals surface area contributed by atoms with Gasteiger partial charge in [0.05, 0.1) is 17.2 Å². The molecule has 0 spiro atoms. The van der Waals surface area contributed by atoms with Gasteiger partial charge in [0.25, 0.3) is 11.8 Å². The van der Waals surface area contributed by atoms with Gasteiger partial charge in [-0.3, -0.25) is 9.59 Å². The molecule has 1 N–H and O–H groups in total. The molecule has 2 aromatic rings. The van der Waals surface area contributed by atoms with Gasteiger partial charge in [0.2, 0.25) is 0 Å². The summed E-state index contributed by atoms with van der Waals surface area (Å²) in [7, 11) is 0. The highest BCUT2D eigenvalue weighted by Gasteiger charge is 2.25. The van der Waals surface area contributed by atoms with E-state index in [9.17, 15) is 9.59 Å². The molecule has 2 aliphatic rings. The molecule has 1 saturated heterocycles. The zero-order valence-electron chi connectivity index (χ0n) is 15.7. The number of amides is 2. The van der Waals surface area contributed by atoms with Crippen molar-refractivity contribution in [3.05, 3.63) is 58.0 Å². The number of carbonyl (C=O) groups excluding carboxylic acids is 2. The molecule has 154 valence electrons. The Balaban J connectivity index is 1.55. The molecule has 2 aromatic carbocycles. The standard InChI is InChI=1S/C21H17ClN2O4S2/c22-14-3-5-15(6-4-14)28-12-19(25)24-8-1-9-27-17-7-2-13(10-16(17)24)11-18-20(26)23-21(29)30-18/h2-7,10-11H,1,8-9,12H2,(H,23,26,29)/b18-11-. The molecule has 1 fully saturated rings. The van der Waals surface area contributed by atoms with Crippen molar-refractivity contribution in [1.29, 1.82) is 0 Å². The largest absolute Gasteiger partial charge is 0.491 e. The molecule has 2 amide bonds. The molecule has 0 aliphatic carbocycles. The summed E-state index contributed by atoms with van der Waals surface area (Å²) in [5.74, 6) is 0.780. The molecule has 9 heteroatoms. The summed E-state index contributed by atoms with van der Waals surface area (Å²) < 4.78 is 11.8. The lowest BCUT2D eigenvalue weighted by molar-refractivity contribution is -0.120. The third-order valence-electron chi connectivity index (χ3n) is 4.47. The van der Waals surface area contributed by atoms with E-state index in [0.29, 0.717) is 51.0 Å². The Kier molecular flexibility index (Phi) is 6.26. The number of thioether (sulfide) groups is 1. The molecular formula is C21H17ClN2O4S2. The van der Waals surface area contributed by atoms with Crippen molar-refractivity contribution in [3.63, 3.8) is 0 Å². The number of hydrogen-bond acceptors (Lipinski definition) is 6. The highest BCUT2D eigenvalue weighted by atomic mass is 35.5. The fourth-order valence-electron chi connectivity index (χ4n) is 3.07. The van der Waals surface area contributed by atoms with Gasteiger partial charge in [0.15, 0.2) is 6.61 Å². The summed E-state index contributed by atoms with van der Waals surface area (Å²) in [4.78, 5) is 27.0. The molecule has 2 heterocycles. The fraction of sp³-hybridized carbons (Fsp3) is 0.190. The highest BCUT2D eigenvalue weighted by Crippen LogP contribution is 2.34. The first-order valence-corrected chi connectivity index (χ1v) is 10.8. The summed E-state index contributed by atoms with van der Waals surface area (Å²) in [6.07, 6.45) is 2.45. The van der Waals surface area contributed by atoms with E-state index in [1.807, 2.05) is 18.2 Å². The van der Waals surface area contributed by atoms with Gasteiger partial charge < -0.3 is 19.7 Å². The molecule has 2 aliphatic heterocycles. The topological polar surface area (TPSA) is 67.9 Å². The Labute approximate surface area is 188 Å². The first kappa shape index (κ1) is 20.7.